The van der Waals surface area contributed by atoms with Crippen molar-refractivity contribution < 1.29 is 0 Å². The number of anilines is 2. The SMILES string of the molecule is O=c1[nH]nnc2sc3c(c12)N(c1ccccc1)N=C(c1ccccc1)C3. The van der Waals surface area contributed by atoms with Crippen LogP contribution in [0.4, 0.5) is 11.4 Å². The highest BCUT2D eigenvalue weighted by Crippen LogP contribution is 2.42. The van der Waals surface area contributed by atoms with E-state index in [1.165, 1.54) is 11.3 Å². The van der Waals surface area contributed by atoms with Gasteiger partial charge in [0.25, 0.3) is 5.56 Å². The zero-order valence-electron chi connectivity index (χ0n) is 13.6. The van der Waals surface area contributed by atoms with Crippen LogP contribution in [0.3, 0.4) is 0 Å². The van der Waals surface area contributed by atoms with E-state index in [0.717, 1.165) is 27.5 Å². The minimum atomic E-state index is -0.244. The van der Waals surface area contributed by atoms with Gasteiger partial charge in [-0.05, 0) is 17.7 Å². The van der Waals surface area contributed by atoms with E-state index >= 15 is 0 Å². The highest BCUT2D eigenvalue weighted by Gasteiger charge is 2.28. The van der Waals surface area contributed by atoms with E-state index in [1.54, 1.807) is 0 Å². The smallest absolute Gasteiger partial charge is 0.267 e. The summed E-state index contributed by atoms with van der Waals surface area (Å²) in [6.45, 7) is 0. The zero-order valence-corrected chi connectivity index (χ0v) is 14.4. The second-order valence-electron chi connectivity index (χ2n) is 5.93. The second kappa shape index (κ2) is 5.89. The fourth-order valence-corrected chi connectivity index (χ4v) is 4.25. The monoisotopic (exact) mass is 359 g/mol. The van der Waals surface area contributed by atoms with Gasteiger partial charge in [-0.25, -0.2) is 10.1 Å². The number of hydrogen-bond donors (Lipinski definition) is 1. The number of H-pyrrole nitrogens is 1. The molecule has 6 nitrogen and oxygen atoms in total. The molecular weight excluding hydrogens is 346 g/mol. The molecule has 0 aliphatic carbocycles. The van der Waals surface area contributed by atoms with Crippen LogP contribution in [0, 0.1) is 0 Å². The van der Waals surface area contributed by atoms with Crippen LogP contribution in [0.25, 0.3) is 10.2 Å². The van der Waals surface area contributed by atoms with Crippen LogP contribution in [0.1, 0.15) is 10.4 Å². The molecule has 0 amide bonds. The van der Waals surface area contributed by atoms with Gasteiger partial charge >= 0.3 is 0 Å². The number of hydrogen-bond acceptors (Lipinski definition) is 6. The van der Waals surface area contributed by atoms with E-state index in [9.17, 15) is 4.79 Å². The lowest BCUT2D eigenvalue weighted by Crippen LogP contribution is -2.22. The standard InChI is InChI=1S/C19H13N5OS/c25-18-16-17-15(26-19(16)21-23-20-18)11-14(12-7-3-1-4-8-12)22-24(17)13-9-5-2-6-10-13/h1-10H,11H2,(H,20,21,25). The Morgan fingerprint density at radius 3 is 2.50 bits per heavy atom. The maximum absolute atomic E-state index is 12.4. The largest absolute Gasteiger partial charge is 0.278 e. The lowest BCUT2D eigenvalue weighted by molar-refractivity contribution is 0.876. The summed E-state index contributed by atoms with van der Waals surface area (Å²) in [5.74, 6) is 0. The number of nitrogens with one attached hydrogen (secondary N) is 1. The quantitative estimate of drug-likeness (QED) is 0.595. The fraction of sp³-hybridized carbons (Fsp3) is 0.0526. The Labute approximate surface area is 152 Å². The molecule has 0 saturated carbocycles. The predicted molar refractivity (Wildman–Crippen MR) is 103 cm³/mol. The van der Waals surface area contributed by atoms with Gasteiger partial charge in [0.05, 0.1) is 17.1 Å². The Hall–Kier alpha value is -3.32. The summed E-state index contributed by atoms with van der Waals surface area (Å²) in [4.78, 5) is 14.1. The van der Waals surface area contributed by atoms with Crippen molar-refractivity contribution in [3.8, 4) is 0 Å². The van der Waals surface area contributed by atoms with Crippen LogP contribution in [-0.4, -0.2) is 21.1 Å². The number of fused-ring (bicyclic) bond motifs is 3. The molecule has 0 atom stereocenters. The molecule has 7 heteroatoms. The molecule has 0 bridgehead atoms. The predicted octanol–water partition coefficient (Wildman–Crippen LogP) is 3.48. The van der Waals surface area contributed by atoms with Gasteiger partial charge in [0.1, 0.15) is 5.39 Å². The topological polar surface area (TPSA) is 74.2 Å². The Balaban J connectivity index is 1.78. The Bertz CT molecular complexity index is 1180. The molecule has 2 aromatic carbocycles. The van der Waals surface area contributed by atoms with Gasteiger partial charge in [-0.3, -0.25) is 4.79 Å². The van der Waals surface area contributed by atoms with E-state index in [0.29, 0.717) is 16.6 Å². The van der Waals surface area contributed by atoms with E-state index in [-0.39, 0.29) is 5.56 Å². The van der Waals surface area contributed by atoms with Crippen LogP contribution < -0.4 is 10.6 Å². The van der Waals surface area contributed by atoms with Crippen LogP contribution in [0.15, 0.2) is 70.6 Å². The molecule has 0 radical (unpaired) electrons. The van der Waals surface area contributed by atoms with E-state index in [1.807, 2.05) is 65.7 Å². The van der Waals surface area contributed by atoms with Crippen molar-refractivity contribution in [2.75, 3.05) is 5.01 Å². The molecule has 0 fully saturated rings. The van der Waals surface area contributed by atoms with Crippen LogP contribution in [0.5, 0.6) is 0 Å². The van der Waals surface area contributed by atoms with Gasteiger partial charge in [0, 0.05) is 11.3 Å². The third kappa shape index (κ3) is 2.33. The average Bonchev–Trinajstić information content (AvgIpc) is 3.08. The highest BCUT2D eigenvalue weighted by atomic mass is 32.1. The summed E-state index contributed by atoms with van der Waals surface area (Å²) in [6.07, 6.45) is 0.656. The second-order valence-corrected chi connectivity index (χ2v) is 7.02. The maximum Gasteiger partial charge on any atom is 0.278 e. The van der Waals surface area contributed by atoms with Gasteiger partial charge in [0.2, 0.25) is 0 Å². The maximum atomic E-state index is 12.4. The van der Waals surface area contributed by atoms with Gasteiger partial charge in [-0.2, -0.15) is 5.10 Å². The molecule has 2 aromatic heterocycles. The van der Waals surface area contributed by atoms with Crippen molar-refractivity contribution in [3.05, 3.63) is 81.5 Å². The van der Waals surface area contributed by atoms with Crippen molar-refractivity contribution in [1.82, 2.24) is 15.4 Å². The summed E-state index contributed by atoms with van der Waals surface area (Å²) in [5.41, 5.74) is 3.48. The fourth-order valence-electron chi connectivity index (χ4n) is 3.15. The lowest BCUT2D eigenvalue weighted by Gasteiger charge is -2.26. The van der Waals surface area contributed by atoms with Crippen molar-refractivity contribution in [1.29, 1.82) is 0 Å². The van der Waals surface area contributed by atoms with E-state index < -0.39 is 0 Å². The van der Waals surface area contributed by atoms with Crippen molar-refractivity contribution in [2.24, 2.45) is 5.10 Å². The van der Waals surface area contributed by atoms with E-state index in [4.69, 9.17) is 5.10 Å². The van der Waals surface area contributed by atoms with Gasteiger partial charge in [0.15, 0.2) is 4.83 Å². The van der Waals surface area contributed by atoms with Crippen LogP contribution in [0.2, 0.25) is 0 Å². The highest BCUT2D eigenvalue weighted by molar-refractivity contribution is 7.19. The zero-order chi connectivity index (χ0) is 17.5. The number of hydrazone groups is 1. The number of benzene rings is 2. The van der Waals surface area contributed by atoms with Crippen LogP contribution in [-0.2, 0) is 6.42 Å². The molecule has 26 heavy (non-hydrogen) atoms. The Kier molecular flexibility index (Phi) is 3.39. The summed E-state index contributed by atoms with van der Waals surface area (Å²) in [5, 5.41) is 17.5. The number of para-hydroxylation sites is 1. The van der Waals surface area contributed by atoms with Gasteiger partial charge in [-0.15, -0.1) is 16.4 Å². The molecule has 4 aromatic rings. The van der Waals surface area contributed by atoms with Crippen molar-refractivity contribution in [2.45, 2.75) is 6.42 Å². The molecule has 1 aliphatic heterocycles. The van der Waals surface area contributed by atoms with Crippen LogP contribution >= 0.6 is 11.3 Å². The van der Waals surface area contributed by atoms with Gasteiger partial charge < -0.3 is 0 Å². The number of thiophene rings is 1. The van der Waals surface area contributed by atoms with E-state index in [2.05, 4.69) is 15.4 Å². The molecule has 1 aliphatic rings. The minimum absolute atomic E-state index is 0.244. The number of aromatic amines is 1. The first-order chi connectivity index (χ1) is 12.8. The minimum Gasteiger partial charge on any atom is -0.267 e. The van der Waals surface area contributed by atoms with Gasteiger partial charge in [-0.1, -0.05) is 53.7 Å². The first kappa shape index (κ1) is 15.0. The first-order valence-electron chi connectivity index (χ1n) is 8.16. The molecule has 126 valence electrons. The molecule has 1 N–H and O–H groups in total. The molecule has 0 saturated heterocycles. The number of nitrogens with zero attached hydrogens (tertiary/aromatic N) is 4. The Morgan fingerprint density at radius 2 is 1.73 bits per heavy atom. The third-order valence-electron chi connectivity index (χ3n) is 4.32. The Morgan fingerprint density at radius 1 is 1.00 bits per heavy atom. The molecule has 5 rings (SSSR count). The summed E-state index contributed by atoms with van der Waals surface area (Å²) < 4.78 is 0. The van der Waals surface area contributed by atoms with Crippen molar-refractivity contribution in [3.63, 3.8) is 0 Å². The molecule has 0 spiro atoms. The third-order valence-corrected chi connectivity index (χ3v) is 5.39. The lowest BCUT2D eigenvalue weighted by atomic mass is 10.0. The number of rotatable bonds is 2. The summed E-state index contributed by atoms with van der Waals surface area (Å²) in [7, 11) is 0. The van der Waals surface area contributed by atoms with Crippen molar-refractivity contribution >= 4 is 38.6 Å². The molecule has 0 unspecified atom stereocenters. The summed E-state index contributed by atoms with van der Waals surface area (Å²) >= 11 is 1.49. The normalized spacial score (nSPS) is 13.5. The number of aromatic nitrogens is 3. The molecular formula is C19H13N5OS. The molecule has 3 heterocycles. The average molecular weight is 359 g/mol. The summed E-state index contributed by atoms with van der Waals surface area (Å²) in [6, 6.07) is 19.9. The first-order valence-corrected chi connectivity index (χ1v) is 8.98.